The summed E-state index contributed by atoms with van der Waals surface area (Å²) in [7, 11) is 0. The van der Waals surface area contributed by atoms with Crippen LogP contribution in [0.2, 0.25) is 0 Å². The molecular formula is C16H19N3O3. The van der Waals surface area contributed by atoms with Gasteiger partial charge in [0.2, 0.25) is 11.8 Å². The molecule has 0 bridgehead atoms. The average Bonchev–Trinajstić information content (AvgIpc) is 3.22. The lowest BCUT2D eigenvalue weighted by molar-refractivity contribution is -0.132. The average molecular weight is 301 g/mol. The van der Waals surface area contributed by atoms with Gasteiger partial charge in [-0.15, -0.1) is 0 Å². The van der Waals surface area contributed by atoms with Crippen molar-refractivity contribution in [3.63, 3.8) is 0 Å². The van der Waals surface area contributed by atoms with Crippen molar-refractivity contribution in [3.8, 4) is 11.5 Å². The monoisotopic (exact) mass is 301 g/mol. The Hall–Kier alpha value is -2.18. The second-order valence-corrected chi connectivity index (χ2v) is 5.29. The summed E-state index contributed by atoms with van der Waals surface area (Å²) >= 11 is 0. The van der Waals surface area contributed by atoms with E-state index in [2.05, 4.69) is 10.3 Å². The zero-order valence-corrected chi connectivity index (χ0v) is 12.2. The van der Waals surface area contributed by atoms with Crippen LogP contribution in [0.3, 0.4) is 0 Å². The van der Waals surface area contributed by atoms with E-state index in [1.165, 1.54) is 0 Å². The smallest absolute Gasteiger partial charge is 0.249 e. The highest BCUT2D eigenvalue weighted by Crippen LogP contribution is 2.20. The molecule has 1 fully saturated rings. The largest absolute Gasteiger partial charge is 0.444 e. The molecule has 6 heteroatoms. The molecule has 0 radical (unpaired) electrons. The molecule has 0 saturated carbocycles. The third kappa shape index (κ3) is 3.35. The van der Waals surface area contributed by atoms with Crippen LogP contribution in [0.4, 0.5) is 0 Å². The van der Waals surface area contributed by atoms with E-state index in [0.29, 0.717) is 31.1 Å². The van der Waals surface area contributed by atoms with Crippen LogP contribution in [-0.4, -0.2) is 29.6 Å². The van der Waals surface area contributed by atoms with E-state index in [-0.39, 0.29) is 12.0 Å². The number of amides is 1. The molecule has 1 saturated heterocycles. The van der Waals surface area contributed by atoms with Crippen molar-refractivity contribution in [2.75, 3.05) is 6.54 Å². The minimum atomic E-state index is -0.408. The summed E-state index contributed by atoms with van der Waals surface area (Å²) in [6.07, 6.45) is 2.68. The van der Waals surface area contributed by atoms with Gasteiger partial charge in [-0.3, -0.25) is 4.79 Å². The zero-order valence-electron chi connectivity index (χ0n) is 12.2. The number of rotatable bonds is 5. The van der Waals surface area contributed by atoms with Crippen LogP contribution < -0.4 is 11.1 Å². The molecule has 0 spiro atoms. The van der Waals surface area contributed by atoms with Gasteiger partial charge in [-0.2, -0.15) is 0 Å². The highest BCUT2D eigenvalue weighted by Gasteiger charge is 2.29. The van der Waals surface area contributed by atoms with Crippen LogP contribution in [0, 0.1) is 0 Å². The third-order valence-corrected chi connectivity index (χ3v) is 3.68. The van der Waals surface area contributed by atoms with E-state index in [0.717, 1.165) is 12.0 Å². The van der Waals surface area contributed by atoms with Crippen molar-refractivity contribution in [1.29, 1.82) is 0 Å². The van der Waals surface area contributed by atoms with Crippen molar-refractivity contribution in [3.05, 3.63) is 42.3 Å². The van der Waals surface area contributed by atoms with Crippen LogP contribution in [0.15, 0.2) is 41.0 Å². The summed E-state index contributed by atoms with van der Waals surface area (Å²) in [5.41, 5.74) is 7.13. The summed E-state index contributed by atoms with van der Waals surface area (Å²) < 4.78 is 11.0. The molecule has 1 aliphatic heterocycles. The molecule has 3 N–H and O–H groups in total. The third-order valence-electron chi connectivity index (χ3n) is 3.68. The maximum Gasteiger partial charge on any atom is 0.249 e. The number of nitrogens with one attached hydrogen (secondary N) is 1. The first-order valence-electron chi connectivity index (χ1n) is 7.39. The lowest BCUT2D eigenvalue weighted by Crippen LogP contribution is -2.35. The molecule has 2 aromatic rings. The van der Waals surface area contributed by atoms with Crippen LogP contribution in [0.25, 0.3) is 11.5 Å². The van der Waals surface area contributed by atoms with Gasteiger partial charge < -0.3 is 20.2 Å². The normalized spacial score (nSPS) is 21.0. The SMILES string of the molecule is NC[C@H]1CC[C@@H](C(=O)NCc2coc(-c3ccccc3)n2)O1. The first-order chi connectivity index (χ1) is 10.8. The number of nitrogens with zero attached hydrogens (tertiary/aromatic N) is 1. The van der Waals surface area contributed by atoms with E-state index in [4.69, 9.17) is 14.9 Å². The Balaban J connectivity index is 1.54. The van der Waals surface area contributed by atoms with E-state index in [9.17, 15) is 4.79 Å². The number of nitrogens with two attached hydrogens (primary N) is 1. The van der Waals surface area contributed by atoms with Crippen LogP contribution >= 0.6 is 0 Å². The first kappa shape index (κ1) is 14.7. The minimum absolute atomic E-state index is 0.00696. The highest BCUT2D eigenvalue weighted by molar-refractivity contribution is 5.80. The molecule has 3 rings (SSSR count). The van der Waals surface area contributed by atoms with Crippen molar-refractivity contribution >= 4 is 5.91 Å². The van der Waals surface area contributed by atoms with Gasteiger partial charge in [0.05, 0.1) is 18.3 Å². The lowest BCUT2D eigenvalue weighted by Gasteiger charge is -2.11. The standard InChI is InChI=1S/C16H19N3O3/c17-8-13-6-7-14(22-13)15(20)18-9-12-10-21-16(19-12)11-4-2-1-3-5-11/h1-5,10,13-14H,6-9,17H2,(H,18,20)/t13-,14+/m1/s1. The number of hydrogen-bond donors (Lipinski definition) is 2. The molecule has 1 amide bonds. The number of hydrogen-bond acceptors (Lipinski definition) is 5. The van der Waals surface area contributed by atoms with Crippen molar-refractivity contribution in [2.45, 2.75) is 31.6 Å². The van der Waals surface area contributed by atoms with E-state index < -0.39 is 6.10 Å². The van der Waals surface area contributed by atoms with Gasteiger partial charge in [0.25, 0.3) is 0 Å². The fourth-order valence-corrected chi connectivity index (χ4v) is 2.46. The fourth-order valence-electron chi connectivity index (χ4n) is 2.46. The molecule has 0 unspecified atom stereocenters. The van der Waals surface area contributed by atoms with Gasteiger partial charge in [0, 0.05) is 12.1 Å². The molecule has 6 nitrogen and oxygen atoms in total. The Morgan fingerprint density at radius 2 is 2.14 bits per heavy atom. The molecule has 1 aromatic carbocycles. The number of aromatic nitrogens is 1. The molecular weight excluding hydrogens is 282 g/mol. The molecule has 0 aliphatic carbocycles. The van der Waals surface area contributed by atoms with Gasteiger partial charge >= 0.3 is 0 Å². The van der Waals surface area contributed by atoms with Gasteiger partial charge in [0.15, 0.2) is 0 Å². The van der Waals surface area contributed by atoms with E-state index >= 15 is 0 Å². The zero-order chi connectivity index (χ0) is 15.4. The Morgan fingerprint density at radius 1 is 1.32 bits per heavy atom. The molecule has 22 heavy (non-hydrogen) atoms. The lowest BCUT2D eigenvalue weighted by atomic mass is 10.2. The van der Waals surface area contributed by atoms with Crippen LogP contribution in [0.5, 0.6) is 0 Å². The maximum atomic E-state index is 12.0. The van der Waals surface area contributed by atoms with Crippen LogP contribution in [-0.2, 0) is 16.1 Å². The maximum absolute atomic E-state index is 12.0. The predicted molar refractivity (Wildman–Crippen MR) is 80.7 cm³/mol. The minimum Gasteiger partial charge on any atom is -0.444 e. The number of carbonyl (C=O) groups excluding carboxylic acids is 1. The first-order valence-corrected chi connectivity index (χ1v) is 7.39. The van der Waals surface area contributed by atoms with Crippen molar-refractivity contribution in [1.82, 2.24) is 10.3 Å². The summed E-state index contributed by atoms with van der Waals surface area (Å²) in [6.45, 7) is 0.774. The Morgan fingerprint density at radius 3 is 2.86 bits per heavy atom. The molecule has 2 atom stereocenters. The fraction of sp³-hybridized carbons (Fsp3) is 0.375. The van der Waals surface area contributed by atoms with Crippen LogP contribution in [0.1, 0.15) is 18.5 Å². The highest BCUT2D eigenvalue weighted by atomic mass is 16.5. The number of ether oxygens (including phenoxy) is 1. The van der Waals surface area contributed by atoms with Gasteiger partial charge in [-0.25, -0.2) is 4.98 Å². The quantitative estimate of drug-likeness (QED) is 0.872. The molecule has 116 valence electrons. The Kier molecular flexibility index (Phi) is 4.50. The Labute approximate surface area is 128 Å². The Bertz CT molecular complexity index is 627. The molecule has 1 aromatic heterocycles. The topological polar surface area (TPSA) is 90.4 Å². The van der Waals surface area contributed by atoms with E-state index in [1.54, 1.807) is 6.26 Å². The second kappa shape index (κ2) is 6.72. The summed E-state index contributed by atoms with van der Waals surface area (Å²) in [6, 6.07) is 9.63. The number of carbonyl (C=O) groups is 1. The van der Waals surface area contributed by atoms with Crippen molar-refractivity contribution in [2.24, 2.45) is 5.73 Å². The summed E-state index contributed by atoms with van der Waals surface area (Å²) in [5, 5.41) is 2.82. The molecule has 2 heterocycles. The van der Waals surface area contributed by atoms with E-state index in [1.807, 2.05) is 30.3 Å². The second-order valence-electron chi connectivity index (χ2n) is 5.29. The predicted octanol–water partition coefficient (Wildman–Crippen LogP) is 1.46. The number of oxazole rings is 1. The van der Waals surface area contributed by atoms with Gasteiger partial charge in [-0.1, -0.05) is 18.2 Å². The summed E-state index contributed by atoms with van der Waals surface area (Å²) in [5.74, 6) is 0.422. The van der Waals surface area contributed by atoms with Crippen molar-refractivity contribution < 1.29 is 13.9 Å². The van der Waals surface area contributed by atoms with Gasteiger partial charge in [0.1, 0.15) is 12.4 Å². The summed E-state index contributed by atoms with van der Waals surface area (Å²) in [4.78, 5) is 16.4. The molecule has 1 aliphatic rings. The number of benzene rings is 1. The van der Waals surface area contributed by atoms with Gasteiger partial charge in [-0.05, 0) is 25.0 Å².